The maximum absolute atomic E-state index is 12.8. The molecule has 8 nitrogen and oxygen atoms in total. The number of aromatic nitrogens is 3. The molecule has 4 rings (SSSR count). The predicted molar refractivity (Wildman–Crippen MR) is 111 cm³/mol. The highest BCUT2D eigenvalue weighted by molar-refractivity contribution is 5.89. The van der Waals surface area contributed by atoms with Gasteiger partial charge in [0.2, 0.25) is 11.8 Å². The Morgan fingerprint density at radius 1 is 1.24 bits per heavy atom. The number of carbonyl (C=O) groups is 2. The molecule has 0 aromatic carbocycles. The molecule has 156 valence electrons. The average Bonchev–Trinajstić information content (AvgIpc) is 3.20. The van der Waals surface area contributed by atoms with Gasteiger partial charge in [0, 0.05) is 57.0 Å². The maximum Gasteiger partial charge on any atom is 0.227 e. The summed E-state index contributed by atoms with van der Waals surface area (Å²) in [6.45, 7) is 8.37. The zero-order valence-electron chi connectivity index (χ0n) is 17.7. The second-order valence-corrected chi connectivity index (χ2v) is 9.30. The fraction of sp³-hybridized carbons (Fsp3) is 0.619. The van der Waals surface area contributed by atoms with Crippen LogP contribution in [-0.4, -0.2) is 68.2 Å². The molecular formula is C21H30N6O2. The molecule has 2 aliphatic rings. The van der Waals surface area contributed by atoms with Crippen molar-refractivity contribution in [2.24, 2.45) is 5.92 Å². The molecule has 1 N–H and O–H groups in total. The van der Waals surface area contributed by atoms with Crippen LogP contribution in [0.4, 0.5) is 5.82 Å². The highest BCUT2D eigenvalue weighted by atomic mass is 16.2. The lowest BCUT2D eigenvalue weighted by atomic mass is 9.92. The SMILES string of the molecule is CN1CC(C(=O)N2CCC(c3nc4cnccn4c3NC(C)(C)C)CC2)CC1=O. The van der Waals surface area contributed by atoms with Crippen LogP contribution in [0.15, 0.2) is 18.6 Å². The summed E-state index contributed by atoms with van der Waals surface area (Å²) < 4.78 is 2.06. The predicted octanol–water partition coefficient (Wildman–Crippen LogP) is 2.12. The molecule has 2 fully saturated rings. The van der Waals surface area contributed by atoms with E-state index in [1.54, 1.807) is 24.3 Å². The summed E-state index contributed by atoms with van der Waals surface area (Å²) in [5.74, 6) is 1.30. The Hall–Kier alpha value is -2.64. The number of imidazole rings is 1. The molecule has 8 heteroatoms. The number of nitrogens with zero attached hydrogens (tertiary/aromatic N) is 5. The fourth-order valence-electron chi connectivity index (χ4n) is 4.35. The van der Waals surface area contributed by atoms with Crippen LogP contribution in [0.25, 0.3) is 5.65 Å². The Labute approximate surface area is 171 Å². The maximum atomic E-state index is 12.8. The second-order valence-electron chi connectivity index (χ2n) is 9.30. The summed E-state index contributed by atoms with van der Waals surface area (Å²) in [5.41, 5.74) is 1.79. The van der Waals surface area contributed by atoms with Crippen molar-refractivity contribution >= 4 is 23.3 Å². The van der Waals surface area contributed by atoms with Gasteiger partial charge in [-0.25, -0.2) is 4.98 Å². The zero-order valence-corrected chi connectivity index (χ0v) is 17.7. The largest absolute Gasteiger partial charge is 0.365 e. The smallest absolute Gasteiger partial charge is 0.227 e. The number of hydrogen-bond acceptors (Lipinski definition) is 5. The molecule has 1 atom stereocenters. The van der Waals surface area contributed by atoms with Gasteiger partial charge in [0.15, 0.2) is 5.65 Å². The molecule has 29 heavy (non-hydrogen) atoms. The van der Waals surface area contributed by atoms with Gasteiger partial charge in [-0.1, -0.05) is 0 Å². The van der Waals surface area contributed by atoms with E-state index in [4.69, 9.17) is 4.98 Å². The second kappa shape index (κ2) is 7.31. The van der Waals surface area contributed by atoms with Gasteiger partial charge in [0.25, 0.3) is 0 Å². The summed E-state index contributed by atoms with van der Waals surface area (Å²) in [5, 5.41) is 3.61. The van der Waals surface area contributed by atoms with Crippen molar-refractivity contribution in [2.45, 2.75) is 51.5 Å². The first kappa shape index (κ1) is 19.7. The first-order valence-corrected chi connectivity index (χ1v) is 10.4. The van der Waals surface area contributed by atoms with Crippen molar-refractivity contribution in [2.75, 3.05) is 32.0 Å². The number of amides is 2. The quantitative estimate of drug-likeness (QED) is 0.856. The summed E-state index contributed by atoms with van der Waals surface area (Å²) in [6.07, 6.45) is 7.58. The van der Waals surface area contributed by atoms with E-state index < -0.39 is 0 Å². The number of piperidine rings is 1. The lowest BCUT2D eigenvalue weighted by Crippen LogP contribution is -2.42. The Morgan fingerprint density at radius 3 is 2.59 bits per heavy atom. The number of rotatable bonds is 3. The molecule has 2 saturated heterocycles. The first-order valence-electron chi connectivity index (χ1n) is 10.4. The minimum absolute atomic E-state index is 0.0643. The topological polar surface area (TPSA) is 82.8 Å². The van der Waals surface area contributed by atoms with E-state index in [9.17, 15) is 9.59 Å². The molecule has 0 saturated carbocycles. The third kappa shape index (κ3) is 3.93. The summed E-state index contributed by atoms with van der Waals surface area (Å²) >= 11 is 0. The van der Waals surface area contributed by atoms with Gasteiger partial charge in [-0.15, -0.1) is 0 Å². The van der Waals surface area contributed by atoms with E-state index >= 15 is 0 Å². The molecule has 1 unspecified atom stereocenters. The van der Waals surface area contributed by atoms with Crippen molar-refractivity contribution in [3.63, 3.8) is 0 Å². The Kier molecular flexibility index (Phi) is 4.96. The van der Waals surface area contributed by atoms with Crippen molar-refractivity contribution in [1.82, 2.24) is 24.2 Å². The number of carbonyl (C=O) groups excluding carboxylic acids is 2. The third-order valence-corrected chi connectivity index (χ3v) is 5.83. The first-order chi connectivity index (χ1) is 13.7. The van der Waals surface area contributed by atoms with Gasteiger partial charge >= 0.3 is 0 Å². The van der Waals surface area contributed by atoms with Gasteiger partial charge in [0.1, 0.15) is 5.82 Å². The van der Waals surface area contributed by atoms with E-state index in [0.29, 0.717) is 26.1 Å². The van der Waals surface area contributed by atoms with E-state index in [2.05, 4.69) is 35.5 Å². The van der Waals surface area contributed by atoms with Gasteiger partial charge in [-0.05, 0) is 33.6 Å². The minimum atomic E-state index is -0.191. The molecule has 0 bridgehead atoms. The van der Waals surface area contributed by atoms with Gasteiger partial charge < -0.3 is 15.1 Å². The number of nitrogens with one attached hydrogen (secondary N) is 1. The normalized spacial score (nSPS) is 21.2. The molecule has 4 heterocycles. The molecule has 2 aliphatic heterocycles. The standard InChI is InChI=1S/C21H30N6O2/c1-21(2,3)24-19-18(23-16-12-22-7-10-27(16)19)14-5-8-26(9-6-14)20(29)15-11-17(28)25(4)13-15/h7,10,12,14-15,24H,5-6,8-9,11,13H2,1-4H3. The van der Waals surface area contributed by atoms with Crippen LogP contribution in [0.3, 0.4) is 0 Å². The molecule has 2 amide bonds. The van der Waals surface area contributed by atoms with Gasteiger partial charge in [-0.2, -0.15) is 0 Å². The Bertz CT molecular complexity index is 923. The van der Waals surface area contributed by atoms with Crippen molar-refractivity contribution in [1.29, 1.82) is 0 Å². The third-order valence-electron chi connectivity index (χ3n) is 5.83. The number of fused-ring (bicyclic) bond motifs is 1. The minimum Gasteiger partial charge on any atom is -0.365 e. The number of anilines is 1. The summed E-state index contributed by atoms with van der Waals surface area (Å²) in [7, 11) is 1.77. The van der Waals surface area contributed by atoms with Crippen LogP contribution in [-0.2, 0) is 9.59 Å². The van der Waals surface area contributed by atoms with Gasteiger partial charge in [0.05, 0.1) is 17.8 Å². The molecule has 2 aromatic heterocycles. The number of hydrogen-bond donors (Lipinski definition) is 1. The van der Waals surface area contributed by atoms with Crippen LogP contribution in [0.2, 0.25) is 0 Å². The lowest BCUT2D eigenvalue weighted by molar-refractivity contribution is -0.136. The Balaban J connectivity index is 1.50. The van der Waals surface area contributed by atoms with Crippen LogP contribution in [0, 0.1) is 5.92 Å². The highest BCUT2D eigenvalue weighted by Gasteiger charge is 2.36. The summed E-state index contributed by atoms with van der Waals surface area (Å²) in [4.78, 5) is 37.3. The van der Waals surface area contributed by atoms with E-state index in [-0.39, 0.29) is 29.2 Å². The van der Waals surface area contributed by atoms with Crippen LogP contribution >= 0.6 is 0 Å². The van der Waals surface area contributed by atoms with Crippen molar-refractivity contribution in [3.05, 3.63) is 24.3 Å². The molecule has 0 aliphatic carbocycles. The van der Waals surface area contributed by atoms with Crippen LogP contribution in [0.5, 0.6) is 0 Å². The van der Waals surface area contributed by atoms with Crippen LogP contribution < -0.4 is 5.32 Å². The molecule has 0 radical (unpaired) electrons. The molecular weight excluding hydrogens is 368 g/mol. The van der Waals surface area contributed by atoms with E-state index in [1.165, 1.54) is 0 Å². The van der Waals surface area contributed by atoms with Crippen molar-refractivity contribution < 1.29 is 9.59 Å². The van der Waals surface area contributed by atoms with E-state index in [0.717, 1.165) is 30.0 Å². The van der Waals surface area contributed by atoms with Crippen molar-refractivity contribution in [3.8, 4) is 0 Å². The zero-order chi connectivity index (χ0) is 20.8. The molecule has 2 aromatic rings. The lowest BCUT2D eigenvalue weighted by Gasteiger charge is -2.33. The number of likely N-dealkylation sites (tertiary alicyclic amines) is 2. The van der Waals surface area contributed by atoms with Crippen LogP contribution in [0.1, 0.15) is 51.6 Å². The van der Waals surface area contributed by atoms with E-state index in [1.807, 2.05) is 11.1 Å². The average molecular weight is 399 g/mol. The molecule has 0 spiro atoms. The fourth-order valence-corrected chi connectivity index (χ4v) is 4.35. The Morgan fingerprint density at radius 2 is 1.97 bits per heavy atom. The van der Waals surface area contributed by atoms with Gasteiger partial charge in [-0.3, -0.25) is 19.0 Å². The summed E-state index contributed by atoms with van der Waals surface area (Å²) in [6, 6.07) is 0. The monoisotopic (exact) mass is 398 g/mol. The highest BCUT2D eigenvalue weighted by Crippen LogP contribution is 2.35.